The van der Waals surface area contributed by atoms with Crippen LogP contribution in [-0.2, 0) is 45.1 Å². The minimum absolute atomic E-state index is 0.00982. The van der Waals surface area contributed by atoms with Gasteiger partial charge in [0, 0.05) is 41.3 Å². The lowest BCUT2D eigenvalue weighted by Crippen LogP contribution is -2.57. The van der Waals surface area contributed by atoms with Gasteiger partial charge in [-0.25, -0.2) is 9.78 Å². The van der Waals surface area contributed by atoms with E-state index in [0.29, 0.717) is 5.69 Å². The number of H-pyrrole nitrogens is 2. The van der Waals surface area contributed by atoms with Crippen molar-refractivity contribution in [1.29, 1.82) is 0 Å². The number of nitrogens with zero attached hydrogens (tertiary/aromatic N) is 2. The van der Waals surface area contributed by atoms with Crippen LogP contribution in [0.25, 0.3) is 10.9 Å². The van der Waals surface area contributed by atoms with E-state index in [1.165, 1.54) is 11.2 Å². The molecule has 1 aliphatic rings. The maximum atomic E-state index is 13.9. The molecule has 224 valence electrons. The number of hydrogen-bond acceptors (Lipinski definition) is 7. The molecule has 5 rings (SSSR count). The zero-order valence-electron chi connectivity index (χ0n) is 24.2. The number of aromatic amines is 2. The molecular formula is C32H36N6O5. The number of nitrogens with one attached hydrogen (secondary N) is 3. The number of carbonyl (C=O) groups is 4. The maximum absolute atomic E-state index is 13.9. The third-order valence-electron chi connectivity index (χ3n) is 7.66. The zero-order valence-corrected chi connectivity index (χ0v) is 24.2. The number of ketones is 2. The molecule has 11 nitrogen and oxygen atoms in total. The predicted molar refractivity (Wildman–Crippen MR) is 160 cm³/mol. The molecule has 43 heavy (non-hydrogen) atoms. The first-order valence-electron chi connectivity index (χ1n) is 14.4. The summed E-state index contributed by atoms with van der Waals surface area (Å²) >= 11 is 0. The summed E-state index contributed by atoms with van der Waals surface area (Å²) in [6.45, 7) is 3.95. The van der Waals surface area contributed by atoms with Crippen molar-refractivity contribution >= 4 is 34.5 Å². The van der Waals surface area contributed by atoms with Crippen molar-refractivity contribution < 1.29 is 23.9 Å². The summed E-state index contributed by atoms with van der Waals surface area (Å²) in [5.41, 5.74) is 10.2. The van der Waals surface area contributed by atoms with Crippen LogP contribution in [-0.4, -0.2) is 61.5 Å². The second-order valence-electron chi connectivity index (χ2n) is 11.3. The van der Waals surface area contributed by atoms with Crippen molar-refractivity contribution in [2.45, 2.75) is 64.4 Å². The first-order chi connectivity index (χ1) is 20.7. The van der Waals surface area contributed by atoms with Gasteiger partial charge in [-0.2, -0.15) is 0 Å². The standard InChI is InChI=1S/C32H36N6O5/c1-19(2)12-26(30(40)29(39)24(33)13-21-15-34-18-35-21)37-31(41)28-14-23-22-10-6-7-11-25(22)36-27(23)16-38(28)32(42)43-17-20-8-4-3-5-9-20/h3-11,15,18-19,24,26,28,36H,12-14,16-17,33H2,1-2H3,(H,34,35)(H,37,41)/t24-,26-,28?/m0/s1. The number of hydrogen-bond donors (Lipinski definition) is 4. The van der Waals surface area contributed by atoms with Gasteiger partial charge in [0.15, 0.2) is 0 Å². The van der Waals surface area contributed by atoms with Crippen LogP contribution < -0.4 is 11.1 Å². The Hall–Kier alpha value is -4.77. The van der Waals surface area contributed by atoms with Crippen molar-refractivity contribution in [3.8, 4) is 0 Å². The van der Waals surface area contributed by atoms with Crippen molar-refractivity contribution in [3.63, 3.8) is 0 Å². The number of ether oxygens (including phenoxy) is 1. The van der Waals surface area contributed by atoms with Crippen molar-refractivity contribution in [3.05, 3.63) is 89.6 Å². The number of Topliss-reactive ketones (excluding diaryl/α,β-unsaturated/α-hetero) is 2. The highest BCUT2D eigenvalue weighted by molar-refractivity contribution is 6.41. The summed E-state index contributed by atoms with van der Waals surface area (Å²) in [5.74, 6) is -2.09. The third-order valence-corrected chi connectivity index (χ3v) is 7.66. The summed E-state index contributed by atoms with van der Waals surface area (Å²) in [5, 5.41) is 3.76. The lowest BCUT2D eigenvalue weighted by atomic mass is 9.92. The average Bonchev–Trinajstić information content (AvgIpc) is 3.65. The Kier molecular flexibility index (Phi) is 9.01. The number of rotatable bonds is 11. The monoisotopic (exact) mass is 584 g/mol. The number of carbonyl (C=O) groups excluding carboxylic acids is 4. The predicted octanol–water partition coefficient (Wildman–Crippen LogP) is 3.19. The Balaban J connectivity index is 1.37. The minimum Gasteiger partial charge on any atom is -0.445 e. The van der Waals surface area contributed by atoms with Crippen LogP contribution in [0.15, 0.2) is 67.1 Å². The van der Waals surface area contributed by atoms with E-state index in [1.807, 2.05) is 68.4 Å². The molecule has 2 aromatic heterocycles. The van der Waals surface area contributed by atoms with E-state index in [-0.39, 0.29) is 38.3 Å². The van der Waals surface area contributed by atoms with Crippen molar-refractivity contribution in [2.24, 2.45) is 11.7 Å². The van der Waals surface area contributed by atoms with Crippen molar-refractivity contribution in [2.75, 3.05) is 0 Å². The Morgan fingerprint density at radius 3 is 2.53 bits per heavy atom. The molecule has 3 heterocycles. The van der Waals surface area contributed by atoms with Crippen LogP contribution >= 0.6 is 0 Å². The van der Waals surface area contributed by atoms with E-state index >= 15 is 0 Å². The minimum atomic E-state index is -1.10. The molecule has 0 spiro atoms. The molecule has 1 aliphatic heterocycles. The quantitative estimate of drug-likeness (QED) is 0.197. The third kappa shape index (κ3) is 6.83. The second kappa shape index (κ2) is 13.0. The number of amides is 2. The second-order valence-corrected chi connectivity index (χ2v) is 11.3. The summed E-state index contributed by atoms with van der Waals surface area (Å²) < 4.78 is 5.62. The number of para-hydroxylation sites is 1. The summed E-state index contributed by atoms with van der Waals surface area (Å²) in [7, 11) is 0. The summed E-state index contributed by atoms with van der Waals surface area (Å²) in [6, 6.07) is 13.9. The lowest BCUT2D eigenvalue weighted by molar-refractivity contribution is -0.140. The van der Waals surface area contributed by atoms with Gasteiger partial charge in [-0.3, -0.25) is 19.3 Å². The number of benzene rings is 2. The molecule has 0 saturated heterocycles. The van der Waals surface area contributed by atoms with Crippen LogP contribution in [0.5, 0.6) is 0 Å². The number of imidazole rings is 1. The van der Waals surface area contributed by atoms with E-state index in [9.17, 15) is 19.2 Å². The highest BCUT2D eigenvalue weighted by Gasteiger charge is 2.40. The highest BCUT2D eigenvalue weighted by atomic mass is 16.6. The Labute approximate surface area is 249 Å². The molecule has 5 N–H and O–H groups in total. The summed E-state index contributed by atoms with van der Waals surface area (Å²) in [6.07, 6.45) is 2.91. The molecule has 4 aromatic rings. The van der Waals surface area contributed by atoms with Gasteiger partial charge in [-0.05, 0) is 29.5 Å². The largest absolute Gasteiger partial charge is 0.445 e. The highest BCUT2D eigenvalue weighted by Crippen LogP contribution is 2.31. The Morgan fingerprint density at radius 2 is 1.81 bits per heavy atom. The van der Waals surface area contributed by atoms with Crippen LogP contribution in [0.1, 0.15) is 42.8 Å². The van der Waals surface area contributed by atoms with Gasteiger partial charge >= 0.3 is 6.09 Å². The first kappa shape index (κ1) is 29.7. The fourth-order valence-electron chi connectivity index (χ4n) is 5.49. The van der Waals surface area contributed by atoms with E-state index in [1.54, 1.807) is 6.20 Å². The van der Waals surface area contributed by atoms with Crippen molar-refractivity contribution in [1.82, 2.24) is 25.2 Å². The number of nitrogens with two attached hydrogens (primary N) is 1. The van der Waals surface area contributed by atoms with Crippen LogP contribution in [0, 0.1) is 5.92 Å². The average molecular weight is 585 g/mol. The molecule has 0 fully saturated rings. The van der Waals surface area contributed by atoms with Crippen LogP contribution in [0.2, 0.25) is 0 Å². The molecule has 2 aromatic carbocycles. The zero-order chi connectivity index (χ0) is 30.5. The molecule has 3 atom stereocenters. The van der Waals surface area contributed by atoms with E-state index in [2.05, 4.69) is 20.3 Å². The van der Waals surface area contributed by atoms with Crippen LogP contribution in [0.3, 0.4) is 0 Å². The molecule has 11 heteroatoms. The molecular weight excluding hydrogens is 548 g/mol. The van der Waals surface area contributed by atoms with Gasteiger partial charge in [-0.15, -0.1) is 0 Å². The molecule has 0 saturated carbocycles. The SMILES string of the molecule is CC(C)C[C@H](NC(=O)C1Cc2c([nH]c3ccccc23)CN1C(=O)OCc1ccccc1)C(=O)C(=O)[C@@H](N)Cc1cnc[nH]1. The number of aromatic nitrogens is 3. The van der Waals surface area contributed by atoms with Crippen LogP contribution in [0.4, 0.5) is 4.79 Å². The molecule has 1 unspecified atom stereocenters. The summed E-state index contributed by atoms with van der Waals surface area (Å²) in [4.78, 5) is 65.3. The number of fused-ring (bicyclic) bond motifs is 3. The van der Waals surface area contributed by atoms with E-state index < -0.39 is 41.7 Å². The topological polar surface area (TPSA) is 163 Å². The Bertz CT molecular complexity index is 1600. The van der Waals surface area contributed by atoms with Gasteiger partial charge in [-0.1, -0.05) is 62.4 Å². The normalized spacial score (nSPS) is 16.0. The molecule has 0 aliphatic carbocycles. The van der Waals surface area contributed by atoms with Gasteiger partial charge in [0.2, 0.25) is 17.5 Å². The lowest BCUT2D eigenvalue weighted by Gasteiger charge is -2.35. The smallest absolute Gasteiger partial charge is 0.411 e. The van der Waals surface area contributed by atoms with E-state index in [0.717, 1.165) is 27.7 Å². The Morgan fingerprint density at radius 1 is 1.07 bits per heavy atom. The van der Waals surface area contributed by atoms with Gasteiger partial charge in [0.1, 0.15) is 12.6 Å². The fourth-order valence-corrected chi connectivity index (χ4v) is 5.49. The molecule has 0 radical (unpaired) electrons. The molecule has 2 amide bonds. The van der Waals surface area contributed by atoms with Gasteiger partial charge in [0.25, 0.3) is 0 Å². The molecule has 0 bridgehead atoms. The van der Waals surface area contributed by atoms with Gasteiger partial charge in [0.05, 0.1) is 25.0 Å². The van der Waals surface area contributed by atoms with Gasteiger partial charge < -0.3 is 25.8 Å². The maximum Gasteiger partial charge on any atom is 0.411 e. The fraction of sp³-hybridized carbons (Fsp3) is 0.344. The first-order valence-corrected chi connectivity index (χ1v) is 14.4. The van der Waals surface area contributed by atoms with E-state index in [4.69, 9.17) is 10.5 Å².